The predicted octanol–water partition coefficient (Wildman–Crippen LogP) is 2.31. The van der Waals surface area contributed by atoms with Gasteiger partial charge in [-0.25, -0.2) is 0 Å². The lowest BCUT2D eigenvalue weighted by molar-refractivity contribution is 0.0997. The number of carbonyl (C=O) groups is 3. The van der Waals surface area contributed by atoms with E-state index in [1.54, 1.807) is 11.4 Å². The third kappa shape index (κ3) is 3.15. The van der Waals surface area contributed by atoms with E-state index >= 15 is 0 Å². The largest absolute Gasteiger partial charge is 0.496 e. The maximum atomic E-state index is 12.4. The molecule has 22 heavy (non-hydrogen) atoms. The van der Waals surface area contributed by atoms with Crippen LogP contribution in [0.25, 0.3) is 0 Å². The van der Waals surface area contributed by atoms with Gasteiger partial charge in [0.25, 0.3) is 5.91 Å². The van der Waals surface area contributed by atoms with Crippen LogP contribution in [0.2, 0.25) is 0 Å². The second kappa shape index (κ2) is 6.40. The summed E-state index contributed by atoms with van der Waals surface area (Å²) in [4.78, 5) is 35.6. The van der Waals surface area contributed by atoms with Gasteiger partial charge in [-0.3, -0.25) is 14.4 Å². The molecule has 1 aromatic carbocycles. The van der Waals surface area contributed by atoms with E-state index in [4.69, 9.17) is 10.5 Å². The van der Waals surface area contributed by atoms with Gasteiger partial charge in [0.1, 0.15) is 5.75 Å². The minimum atomic E-state index is -0.642. The average Bonchev–Trinajstić information content (AvgIpc) is 2.94. The third-order valence-corrected chi connectivity index (χ3v) is 3.98. The van der Waals surface area contributed by atoms with Gasteiger partial charge in [0.05, 0.1) is 23.2 Å². The van der Waals surface area contributed by atoms with Crippen LogP contribution in [0.4, 0.5) is 5.69 Å². The van der Waals surface area contributed by atoms with E-state index in [1.807, 2.05) is 0 Å². The van der Waals surface area contributed by atoms with Crippen molar-refractivity contribution in [3.63, 3.8) is 0 Å². The molecule has 2 aromatic rings. The number of rotatable bonds is 5. The van der Waals surface area contributed by atoms with Crippen molar-refractivity contribution in [1.29, 1.82) is 0 Å². The summed E-state index contributed by atoms with van der Waals surface area (Å²) in [5, 5.41) is 4.36. The summed E-state index contributed by atoms with van der Waals surface area (Å²) < 4.78 is 5.12. The molecular weight excluding hydrogens is 304 g/mol. The van der Waals surface area contributed by atoms with Crippen molar-refractivity contribution < 1.29 is 19.1 Å². The molecule has 3 N–H and O–H groups in total. The summed E-state index contributed by atoms with van der Waals surface area (Å²) in [6.45, 7) is 1.43. The Labute approximate surface area is 130 Å². The van der Waals surface area contributed by atoms with Crippen LogP contribution in [0.3, 0.4) is 0 Å². The summed E-state index contributed by atoms with van der Waals surface area (Å²) in [6, 6.07) is 5.97. The zero-order chi connectivity index (χ0) is 16.3. The van der Waals surface area contributed by atoms with Gasteiger partial charge in [-0.05, 0) is 29.6 Å². The minimum absolute atomic E-state index is 0.136. The SMILES string of the molecule is COc1ccc(C(N)=O)cc1C(=O)Nc1ccsc1C(C)=O. The van der Waals surface area contributed by atoms with Gasteiger partial charge in [-0.1, -0.05) is 0 Å². The average molecular weight is 318 g/mol. The highest BCUT2D eigenvalue weighted by atomic mass is 32.1. The Bertz CT molecular complexity index is 752. The first-order valence-electron chi connectivity index (χ1n) is 6.31. The summed E-state index contributed by atoms with van der Waals surface area (Å²) in [5.74, 6) is -0.956. The van der Waals surface area contributed by atoms with Gasteiger partial charge >= 0.3 is 0 Å². The Kier molecular flexibility index (Phi) is 4.57. The smallest absolute Gasteiger partial charge is 0.259 e. The van der Waals surface area contributed by atoms with Crippen LogP contribution in [-0.4, -0.2) is 24.7 Å². The summed E-state index contributed by atoms with van der Waals surface area (Å²) in [6.07, 6.45) is 0. The van der Waals surface area contributed by atoms with Crippen LogP contribution >= 0.6 is 11.3 Å². The lowest BCUT2D eigenvalue weighted by Crippen LogP contribution is -2.17. The van der Waals surface area contributed by atoms with Gasteiger partial charge in [-0.2, -0.15) is 0 Å². The third-order valence-electron chi connectivity index (χ3n) is 2.96. The number of benzene rings is 1. The molecule has 1 heterocycles. The number of ketones is 1. The number of hydrogen-bond donors (Lipinski definition) is 2. The highest BCUT2D eigenvalue weighted by Crippen LogP contribution is 2.26. The van der Waals surface area contributed by atoms with Crippen LogP contribution < -0.4 is 15.8 Å². The van der Waals surface area contributed by atoms with Crippen LogP contribution in [0.1, 0.15) is 37.3 Å². The van der Waals surface area contributed by atoms with Crippen molar-refractivity contribution in [2.24, 2.45) is 5.73 Å². The van der Waals surface area contributed by atoms with Gasteiger partial charge in [0.2, 0.25) is 5.91 Å². The number of nitrogens with two attached hydrogens (primary N) is 1. The molecule has 0 radical (unpaired) electrons. The highest BCUT2D eigenvalue weighted by Gasteiger charge is 2.17. The number of thiophene rings is 1. The number of Topliss-reactive ketones (excluding diaryl/α,β-unsaturated/α-hetero) is 1. The molecule has 2 amide bonds. The van der Waals surface area contributed by atoms with E-state index in [0.29, 0.717) is 16.3 Å². The van der Waals surface area contributed by atoms with Gasteiger partial charge in [0, 0.05) is 12.5 Å². The Morgan fingerprint density at radius 3 is 2.55 bits per heavy atom. The summed E-state index contributed by atoms with van der Waals surface area (Å²) >= 11 is 1.24. The van der Waals surface area contributed by atoms with E-state index in [-0.39, 0.29) is 16.9 Å². The van der Waals surface area contributed by atoms with E-state index in [2.05, 4.69) is 5.32 Å². The molecule has 0 aliphatic rings. The van der Waals surface area contributed by atoms with Gasteiger partial charge in [0.15, 0.2) is 5.78 Å². The molecule has 0 spiro atoms. The fraction of sp³-hybridized carbons (Fsp3) is 0.133. The number of nitrogens with one attached hydrogen (secondary N) is 1. The molecular formula is C15H14N2O4S. The monoisotopic (exact) mass is 318 g/mol. The highest BCUT2D eigenvalue weighted by molar-refractivity contribution is 7.12. The van der Waals surface area contributed by atoms with Crippen molar-refractivity contribution in [2.75, 3.05) is 12.4 Å². The molecule has 0 atom stereocenters. The van der Waals surface area contributed by atoms with E-state index in [9.17, 15) is 14.4 Å². The first-order chi connectivity index (χ1) is 10.4. The Balaban J connectivity index is 2.36. The normalized spacial score (nSPS) is 10.1. The lowest BCUT2D eigenvalue weighted by Gasteiger charge is -2.10. The quantitative estimate of drug-likeness (QED) is 0.826. The molecule has 0 bridgehead atoms. The van der Waals surface area contributed by atoms with Gasteiger partial charge < -0.3 is 15.8 Å². The second-order valence-corrected chi connectivity index (χ2v) is 5.37. The molecule has 114 valence electrons. The summed E-state index contributed by atoms with van der Waals surface area (Å²) in [7, 11) is 1.42. The number of carbonyl (C=O) groups excluding carboxylic acids is 3. The zero-order valence-corrected chi connectivity index (χ0v) is 12.8. The van der Waals surface area contributed by atoms with Crippen molar-refractivity contribution >= 4 is 34.6 Å². The van der Waals surface area contributed by atoms with Crippen molar-refractivity contribution in [2.45, 2.75) is 6.92 Å². The summed E-state index contributed by atoms with van der Waals surface area (Å²) in [5.41, 5.74) is 6.01. The fourth-order valence-corrected chi connectivity index (χ4v) is 2.66. The van der Waals surface area contributed by atoms with Crippen molar-refractivity contribution in [3.8, 4) is 5.75 Å². The van der Waals surface area contributed by atoms with Crippen LogP contribution in [-0.2, 0) is 0 Å². The van der Waals surface area contributed by atoms with E-state index < -0.39 is 11.8 Å². The van der Waals surface area contributed by atoms with Crippen molar-refractivity contribution in [1.82, 2.24) is 0 Å². The zero-order valence-electron chi connectivity index (χ0n) is 12.0. The van der Waals surface area contributed by atoms with Crippen LogP contribution in [0.15, 0.2) is 29.6 Å². The van der Waals surface area contributed by atoms with Crippen LogP contribution in [0, 0.1) is 0 Å². The molecule has 0 unspecified atom stereocenters. The standard InChI is InChI=1S/C15H14N2O4S/c1-8(18)13-11(5-6-22-13)17-15(20)10-7-9(14(16)19)3-4-12(10)21-2/h3-7H,1-2H3,(H2,16,19)(H,17,20). The topological polar surface area (TPSA) is 98.5 Å². The lowest BCUT2D eigenvalue weighted by atomic mass is 10.1. The Morgan fingerprint density at radius 2 is 1.95 bits per heavy atom. The molecule has 1 aromatic heterocycles. The maximum absolute atomic E-state index is 12.4. The first kappa shape index (κ1) is 15.7. The molecule has 6 nitrogen and oxygen atoms in total. The number of amides is 2. The van der Waals surface area contributed by atoms with E-state index in [1.165, 1.54) is 43.6 Å². The fourth-order valence-electron chi connectivity index (χ4n) is 1.91. The maximum Gasteiger partial charge on any atom is 0.259 e. The van der Waals surface area contributed by atoms with E-state index in [0.717, 1.165) is 0 Å². The van der Waals surface area contributed by atoms with Crippen molar-refractivity contribution in [3.05, 3.63) is 45.6 Å². The number of ether oxygens (including phenoxy) is 1. The molecule has 0 saturated carbocycles. The Morgan fingerprint density at radius 1 is 1.23 bits per heavy atom. The molecule has 0 aliphatic heterocycles. The molecule has 0 saturated heterocycles. The number of primary amides is 1. The molecule has 2 rings (SSSR count). The molecule has 7 heteroatoms. The van der Waals surface area contributed by atoms with Crippen LogP contribution in [0.5, 0.6) is 5.75 Å². The molecule has 0 fully saturated rings. The number of hydrogen-bond acceptors (Lipinski definition) is 5. The molecule has 0 aliphatic carbocycles. The minimum Gasteiger partial charge on any atom is -0.496 e. The first-order valence-corrected chi connectivity index (χ1v) is 7.19. The Hall–Kier alpha value is -2.67. The predicted molar refractivity (Wildman–Crippen MR) is 83.8 cm³/mol. The second-order valence-electron chi connectivity index (χ2n) is 4.45. The number of anilines is 1. The number of methoxy groups -OCH3 is 1. The van der Waals surface area contributed by atoms with Gasteiger partial charge in [-0.15, -0.1) is 11.3 Å².